The van der Waals surface area contributed by atoms with Crippen LogP contribution in [0.1, 0.15) is 16.1 Å². The molecule has 132 valence electrons. The molecule has 0 aliphatic heterocycles. The van der Waals surface area contributed by atoms with Gasteiger partial charge in [-0.1, -0.05) is 18.2 Å². The zero-order valence-electron chi connectivity index (χ0n) is 13.9. The van der Waals surface area contributed by atoms with E-state index in [4.69, 9.17) is 0 Å². The van der Waals surface area contributed by atoms with Crippen LogP contribution >= 0.6 is 15.9 Å². The van der Waals surface area contributed by atoms with Gasteiger partial charge < -0.3 is 5.32 Å². The van der Waals surface area contributed by atoms with Crippen molar-refractivity contribution in [2.75, 3.05) is 6.54 Å². The van der Waals surface area contributed by atoms with Crippen molar-refractivity contribution in [3.63, 3.8) is 0 Å². The lowest BCUT2D eigenvalue weighted by atomic mass is 10.1. The molecule has 0 radical (unpaired) electrons. The Labute approximate surface area is 156 Å². The highest BCUT2D eigenvalue weighted by Gasteiger charge is 2.14. The van der Waals surface area contributed by atoms with Crippen LogP contribution in [0.3, 0.4) is 0 Å². The number of halogens is 1. The van der Waals surface area contributed by atoms with Crippen molar-refractivity contribution in [2.24, 2.45) is 0 Å². The number of aryl methyl sites for hydroxylation is 1. The van der Waals surface area contributed by atoms with Gasteiger partial charge in [-0.2, -0.15) is 5.10 Å². The van der Waals surface area contributed by atoms with Gasteiger partial charge in [0.2, 0.25) is 0 Å². The Morgan fingerprint density at radius 2 is 2.15 bits per heavy atom. The molecule has 0 saturated heterocycles. The van der Waals surface area contributed by atoms with Crippen LogP contribution in [-0.2, 0) is 6.54 Å². The molecule has 4 aromatic rings. The maximum atomic E-state index is 12.8. The van der Waals surface area contributed by atoms with Gasteiger partial charge in [0.25, 0.3) is 5.91 Å². The highest BCUT2D eigenvalue weighted by atomic mass is 79.9. The van der Waals surface area contributed by atoms with Crippen LogP contribution in [0, 0.1) is 6.92 Å². The van der Waals surface area contributed by atoms with Gasteiger partial charge >= 0.3 is 5.69 Å². The Balaban J connectivity index is 1.62. The molecule has 4 rings (SSSR count). The lowest BCUT2D eigenvalue weighted by molar-refractivity contribution is 0.0946. The van der Waals surface area contributed by atoms with E-state index < -0.39 is 0 Å². The molecule has 8 nitrogen and oxygen atoms in total. The Morgan fingerprint density at radius 1 is 1.35 bits per heavy atom. The van der Waals surface area contributed by atoms with E-state index in [2.05, 4.69) is 36.5 Å². The number of pyridine rings is 1. The second kappa shape index (κ2) is 6.41. The predicted molar refractivity (Wildman–Crippen MR) is 100 cm³/mol. The summed E-state index contributed by atoms with van der Waals surface area (Å²) in [5, 5.41) is 14.6. The molecular formula is C17H15BrN6O2. The smallest absolute Gasteiger partial charge is 0.349 e. The SMILES string of the molecule is Cc1cc2ccccc2n2c(=O)n(CCNC(=O)c3[nH]ncc3Br)nc12. The van der Waals surface area contributed by atoms with Crippen molar-refractivity contribution in [1.82, 2.24) is 29.7 Å². The number of rotatable bonds is 4. The molecule has 0 aliphatic carbocycles. The Hall–Kier alpha value is -2.94. The molecule has 1 amide bonds. The first-order valence-corrected chi connectivity index (χ1v) is 8.80. The minimum Gasteiger partial charge on any atom is -0.349 e. The first-order valence-electron chi connectivity index (χ1n) is 8.01. The van der Waals surface area contributed by atoms with Crippen molar-refractivity contribution in [2.45, 2.75) is 13.5 Å². The fourth-order valence-electron chi connectivity index (χ4n) is 2.93. The van der Waals surface area contributed by atoms with Gasteiger partial charge in [-0.25, -0.2) is 13.9 Å². The van der Waals surface area contributed by atoms with E-state index >= 15 is 0 Å². The molecule has 3 aromatic heterocycles. The van der Waals surface area contributed by atoms with Crippen LogP contribution in [0.4, 0.5) is 0 Å². The van der Waals surface area contributed by atoms with Crippen molar-refractivity contribution < 1.29 is 4.79 Å². The number of amides is 1. The maximum absolute atomic E-state index is 12.8. The topological polar surface area (TPSA) is 97.1 Å². The molecule has 1 aromatic carbocycles. The van der Waals surface area contributed by atoms with Gasteiger partial charge in [-0.3, -0.25) is 9.89 Å². The van der Waals surface area contributed by atoms with Crippen molar-refractivity contribution in [1.29, 1.82) is 0 Å². The molecule has 0 unspecified atom stereocenters. The molecule has 3 heterocycles. The largest absolute Gasteiger partial charge is 0.350 e. The van der Waals surface area contributed by atoms with Gasteiger partial charge in [0.1, 0.15) is 5.69 Å². The molecule has 0 saturated carbocycles. The second-order valence-electron chi connectivity index (χ2n) is 5.90. The lowest BCUT2D eigenvalue weighted by Crippen LogP contribution is -2.31. The summed E-state index contributed by atoms with van der Waals surface area (Å²) in [5.74, 6) is -0.298. The molecule has 0 spiro atoms. The predicted octanol–water partition coefficient (Wildman–Crippen LogP) is 1.87. The van der Waals surface area contributed by atoms with Crippen LogP contribution < -0.4 is 11.0 Å². The normalized spacial score (nSPS) is 11.3. The summed E-state index contributed by atoms with van der Waals surface area (Å²) in [6, 6.07) is 9.70. The van der Waals surface area contributed by atoms with Gasteiger partial charge in [-0.15, -0.1) is 5.10 Å². The number of carbonyl (C=O) groups is 1. The molecule has 26 heavy (non-hydrogen) atoms. The van der Waals surface area contributed by atoms with E-state index in [1.165, 1.54) is 10.9 Å². The summed E-state index contributed by atoms with van der Waals surface area (Å²) in [7, 11) is 0. The molecule has 2 N–H and O–H groups in total. The molecular weight excluding hydrogens is 400 g/mol. The molecule has 0 bridgehead atoms. The average Bonchev–Trinajstić information content (AvgIpc) is 3.20. The van der Waals surface area contributed by atoms with Gasteiger partial charge in [0.15, 0.2) is 5.65 Å². The third-order valence-electron chi connectivity index (χ3n) is 4.17. The maximum Gasteiger partial charge on any atom is 0.350 e. The minimum absolute atomic E-state index is 0.225. The van der Waals surface area contributed by atoms with E-state index in [1.54, 1.807) is 4.40 Å². The zero-order chi connectivity index (χ0) is 18.3. The Morgan fingerprint density at radius 3 is 2.92 bits per heavy atom. The number of hydrogen-bond donors (Lipinski definition) is 2. The van der Waals surface area contributed by atoms with E-state index in [0.717, 1.165) is 16.5 Å². The van der Waals surface area contributed by atoms with Crippen LogP contribution in [0.15, 0.2) is 45.8 Å². The van der Waals surface area contributed by atoms with Gasteiger partial charge in [0, 0.05) is 6.54 Å². The van der Waals surface area contributed by atoms with E-state index in [-0.39, 0.29) is 24.7 Å². The number of aromatic nitrogens is 5. The van der Waals surface area contributed by atoms with Gasteiger partial charge in [0.05, 0.1) is 22.7 Å². The number of para-hydroxylation sites is 1. The fourth-order valence-corrected chi connectivity index (χ4v) is 3.30. The van der Waals surface area contributed by atoms with Crippen molar-refractivity contribution in [3.8, 4) is 0 Å². The van der Waals surface area contributed by atoms with Crippen LogP contribution in [0.5, 0.6) is 0 Å². The number of fused-ring (bicyclic) bond motifs is 3. The van der Waals surface area contributed by atoms with Crippen molar-refractivity contribution in [3.05, 3.63) is 62.7 Å². The van der Waals surface area contributed by atoms with E-state index in [0.29, 0.717) is 15.8 Å². The number of carbonyl (C=O) groups excluding carboxylic acids is 1. The molecule has 0 atom stereocenters. The number of nitrogens with zero attached hydrogens (tertiary/aromatic N) is 4. The number of nitrogens with one attached hydrogen (secondary N) is 2. The summed E-state index contributed by atoms with van der Waals surface area (Å²) in [5.41, 5.74) is 2.47. The monoisotopic (exact) mass is 414 g/mol. The fraction of sp³-hybridized carbons (Fsp3) is 0.176. The first-order chi connectivity index (χ1) is 12.6. The molecule has 0 fully saturated rings. The summed E-state index contributed by atoms with van der Waals surface area (Å²) < 4.78 is 3.57. The summed E-state index contributed by atoms with van der Waals surface area (Å²) in [4.78, 5) is 24.9. The summed E-state index contributed by atoms with van der Waals surface area (Å²) in [6.07, 6.45) is 1.51. The van der Waals surface area contributed by atoms with Crippen LogP contribution in [0.25, 0.3) is 16.6 Å². The van der Waals surface area contributed by atoms with Gasteiger partial charge in [-0.05, 0) is 45.9 Å². The summed E-state index contributed by atoms with van der Waals surface area (Å²) in [6.45, 7) is 2.47. The van der Waals surface area contributed by atoms with E-state index in [1.807, 2.05) is 37.3 Å². The average molecular weight is 415 g/mol. The number of aromatic amines is 1. The Kier molecular flexibility index (Phi) is 4.08. The number of hydrogen-bond acceptors (Lipinski definition) is 4. The quantitative estimate of drug-likeness (QED) is 0.532. The van der Waals surface area contributed by atoms with E-state index in [9.17, 15) is 9.59 Å². The Bertz CT molecular complexity index is 1190. The minimum atomic E-state index is -0.298. The third kappa shape index (κ3) is 2.70. The molecule has 9 heteroatoms. The highest BCUT2D eigenvalue weighted by molar-refractivity contribution is 9.10. The highest BCUT2D eigenvalue weighted by Crippen LogP contribution is 2.18. The van der Waals surface area contributed by atoms with Crippen LogP contribution in [-0.4, -0.2) is 36.8 Å². The van der Waals surface area contributed by atoms with Crippen LogP contribution in [0.2, 0.25) is 0 Å². The summed E-state index contributed by atoms with van der Waals surface area (Å²) >= 11 is 3.24. The lowest BCUT2D eigenvalue weighted by Gasteiger charge is -2.03. The zero-order valence-corrected chi connectivity index (χ0v) is 15.4. The first kappa shape index (κ1) is 16.5. The number of benzene rings is 1. The molecule has 0 aliphatic rings. The van der Waals surface area contributed by atoms with Crippen molar-refractivity contribution >= 4 is 38.4 Å². The second-order valence-corrected chi connectivity index (χ2v) is 6.75. The number of H-pyrrole nitrogens is 1. The third-order valence-corrected chi connectivity index (χ3v) is 4.77. The standard InChI is InChI=1S/C17H15BrN6O2/c1-10-8-11-4-2-3-5-13(11)24-15(10)22-23(17(24)26)7-6-19-16(25)14-12(18)9-20-21-14/h2-5,8-9H,6-7H2,1H3,(H,19,25)(H,20,21).